The zero-order valence-electron chi connectivity index (χ0n) is 9.05. The van der Waals surface area contributed by atoms with Crippen LogP contribution in [0, 0.1) is 6.92 Å². The maximum atomic E-state index is 5.99. The Morgan fingerprint density at radius 3 is 2.22 bits per heavy atom. The Morgan fingerprint density at radius 1 is 0.889 bits per heavy atom. The third-order valence-corrected chi connectivity index (χ3v) is 3.18. The standard InChI is InChI=1S/C11H6Cl4N2O/c1-5-16-10(15)4-11(17-5)18-9-3-7(13)6(12)2-8(9)14/h2-4H,1H3. The molecule has 1 aromatic carbocycles. The summed E-state index contributed by atoms with van der Waals surface area (Å²) in [7, 11) is 0. The van der Waals surface area contributed by atoms with Crippen molar-refractivity contribution in [3.8, 4) is 11.6 Å². The molecule has 0 bridgehead atoms. The van der Waals surface area contributed by atoms with Crippen LogP contribution in [0.1, 0.15) is 5.82 Å². The molecule has 0 aliphatic carbocycles. The van der Waals surface area contributed by atoms with Gasteiger partial charge in [-0.15, -0.1) is 0 Å². The number of aryl methyl sites for hydroxylation is 1. The molecule has 1 aromatic heterocycles. The highest BCUT2D eigenvalue weighted by molar-refractivity contribution is 6.43. The predicted molar refractivity (Wildman–Crippen MR) is 73.3 cm³/mol. The van der Waals surface area contributed by atoms with Crippen molar-refractivity contribution in [2.75, 3.05) is 0 Å². The average Bonchev–Trinajstić information content (AvgIpc) is 2.24. The largest absolute Gasteiger partial charge is 0.437 e. The first-order valence-corrected chi connectivity index (χ1v) is 6.30. The van der Waals surface area contributed by atoms with Crippen LogP contribution in [0.3, 0.4) is 0 Å². The molecule has 18 heavy (non-hydrogen) atoms. The van der Waals surface area contributed by atoms with E-state index >= 15 is 0 Å². The molecule has 0 unspecified atom stereocenters. The molecule has 0 saturated heterocycles. The third-order valence-electron chi connectivity index (χ3n) is 1.97. The minimum atomic E-state index is 0.285. The molecular formula is C11H6Cl4N2O. The van der Waals surface area contributed by atoms with Gasteiger partial charge >= 0.3 is 0 Å². The molecule has 0 amide bonds. The molecule has 0 N–H and O–H groups in total. The van der Waals surface area contributed by atoms with Crippen LogP contribution in [0.25, 0.3) is 0 Å². The van der Waals surface area contributed by atoms with Crippen LogP contribution in [0.2, 0.25) is 20.2 Å². The fourth-order valence-corrected chi connectivity index (χ4v) is 2.04. The smallest absolute Gasteiger partial charge is 0.224 e. The quantitative estimate of drug-likeness (QED) is 0.563. The summed E-state index contributed by atoms with van der Waals surface area (Å²) >= 11 is 23.5. The third kappa shape index (κ3) is 3.18. The van der Waals surface area contributed by atoms with E-state index in [1.165, 1.54) is 18.2 Å². The van der Waals surface area contributed by atoms with Crippen LogP contribution in [-0.4, -0.2) is 9.97 Å². The Labute approximate surface area is 124 Å². The molecule has 2 aromatic rings. The fourth-order valence-electron chi connectivity index (χ4n) is 1.25. The van der Waals surface area contributed by atoms with Crippen molar-refractivity contribution < 1.29 is 4.74 Å². The summed E-state index contributed by atoms with van der Waals surface area (Å²) in [5.74, 6) is 1.13. The van der Waals surface area contributed by atoms with Gasteiger partial charge in [-0.1, -0.05) is 46.4 Å². The first kappa shape index (κ1) is 13.7. The van der Waals surface area contributed by atoms with Gasteiger partial charge in [0.25, 0.3) is 0 Å². The van der Waals surface area contributed by atoms with Gasteiger partial charge in [-0.05, 0) is 13.0 Å². The van der Waals surface area contributed by atoms with Crippen LogP contribution in [-0.2, 0) is 0 Å². The van der Waals surface area contributed by atoms with Gasteiger partial charge in [0.1, 0.15) is 16.7 Å². The summed E-state index contributed by atoms with van der Waals surface area (Å²) in [5, 5.41) is 1.31. The first-order chi connectivity index (χ1) is 8.45. The Balaban J connectivity index is 2.36. The van der Waals surface area contributed by atoms with E-state index in [-0.39, 0.29) is 11.0 Å². The molecule has 2 rings (SSSR count). The molecule has 0 fully saturated rings. The molecule has 3 nitrogen and oxygen atoms in total. The lowest BCUT2D eigenvalue weighted by Gasteiger charge is -2.08. The van der Waals surface area contributed by atoms with Crippen molar-refractivity contribution in [2.24, 2.45) is 0 Å². The Morgan fingerprint density at radius 2 is 1.56 bits per heavy atom. The predicted octanol–water partition coefficient (Wildman–Crippen LogP) is 5.19. The molecule has 1 heterocycles. The lowest BCUT2D eigenvalue weighted by atomic mass is 10.3. The number of aromatic nitrogens is 2. The summed E-state index contributed by atoms with van der Waals surface area (Å²) in [4.78, 5) is 7.99. The summed E-state index contributed by atoms with van der Waals surface area (Å²) in [6.07, 6.45) is 0. The summed E-state index contributed by atoms with van der Waals surface area (Å²) in [5.41, 5.74) is 0. The lowest BCUT2D eigenvalue weighted by molar-refractivity contribution is 0.460. The maximum absolute atomic E-state index is 5.99. The summed E-state index contributed by atoms with van der Waals surface area (Å²) in [6.45, 7) is 1.70. The number of hydrogen-bond acceptors (Lipinski definition) is 3. The lowest BCUT2D eigenvalue weighted by Crippen LogP contribution is -1.93. The van der Waals surface area contributed by atoms with E-state index < -0.39 is 0 Å². The van der Waals surface area contributed by atoms with Gasteiger partial charge in [0.05, 0.1) is 15.1 Å². The van der Waals surface area contributed by atoms with E-state index in [0.29, 0.717) is 26.6 Å². The summed E-state index contributed by atoms with van der Waals surface area (Å²) in [6, 6.07) is 4.49. The van der Waals surface area contributed by atoms with Crippen molar-refractivity contribution >= 4 is 46.4 Å². The number of ether oxygens (including phenoxy) is 1. The van der Waals surface area contributed by atoms with Gasteiger partial charge in [-0.2, -0.15) is 4.98 Å². The van der Waals surface area contributed by atoms with Gasteiger partial charge in [0, 0.05) is 12.1 Å². The van der Waals surface area contributed by atoms with Crippen molar-refractivity contribution in [3.63, 3.8) is 0 Å². The monoisotopic (exact) mass is 322 g/mol. The number of benzene rings is 1. The molecule has 0 spiro atoms. The fraction of sp³-hybridized carbons (Fsp3) is 0.0909. The second kappa shape index (κ2) is 5.49. The maximum Gasteiger partial charge on any atom is 0.224 e. The average molecular weight is 324 g/mol. The molecule has 0 saturated carbocycles. The second-order valence-corrected chi connectivity index (χ2v) is 4.98. The normalized spacial score (nSPS) is 10.5. The molecule has 0 radical (unpaired) electrons. The zero-order chi connectivity index (χ0) is 13.3. The van der Waals surface area contributed by atoms with Crippen LogP contribution in [0.4, 0.5) is 0 Å². The highest BCUT2D eigenvalue weighted by atomic mass is 35.5. The van der Waals surface area contributed by atoms with Crippen molar-refractivity contribution in [2.45, 2.75) is 6.92 Å². The molecule has 94 valence electrons. The number of rotatable bonds is 2. The Hall–Kier alpha value is -0.740. The van der Waals surface area contributed by atoms with Crippen molar-refractivity contribution in [1.82, 2.24) is 9.97 Å². The molecule has 0 atom stereocenters. The number of hydrogen-bond donors (Lipinski definition) is 0. The zero-order valence-corrected chi connectivity index (χ0v) is 12.1. The Kier molecular flexibility index (Phi) is 4.17. The van der Waals surface area contributed by atoms with Gasteiger partial charge in [-0.3, -0.25) is 0 Å². The van der Waals surface area contributed by atoms with E-state index in [0.717, 1.165) is 0 Å². The second-order valence-electron chi connectivity index (χ2n) is 3.37. The van der Waals surface area contributed by atoms with E-state index in [1.807, 2.05) is 0 Å². The van der Waals surface area contributed by atoms with Gasteiger partial charge in [-0.25, -0.2) is 4.98 Å². The first-order valence-electron chi connectivity index (χ1n) is 4.79. The highest BCUT2D eigenvalue weighted by Crippen LogP contribution is 2.36. The molecule has 0 aliphatic rings. The topological polar surface area (TPSA) is 35.0 Å². The number of halogens is 4. The highest BCUT2D eigenvalue weighted by Gasteiger charge is 2.10. The molecule has 0 aliphatic heterocycles. The SMILES string of the molecule is Cc1nc(Cl)cc(Oc2cc(Cl)c(Cl)cc2Cl)n1. The molecular weight excluding hydrogens is 318 g/mol. The van der Waals surface area contributed by atoms with Gasteiger partial charge in [0.2, 0.25) is 5.88 Å². The summed E-state index contributed by atoms with van der Waals surface area (Å²) < 4.78 is 5.50. The van der Waals surface area contributed by atoms with Crippen molar-refractivity contribution in [3.05, 3.63) is 44.2 Å². The Bertz CT molecular complexity index is 584. The van der Waals surface area contributed by atoms with E-state index in [2.05, 4.69) is 9.97 Å². The van der Waals surface area contributed by atoms with Crippen LogP contribution in [0.15, 0.2) is 18.2 Å². The van der Waals surface area contributed by atoms with Crippen LogP contribution < -0.4 is 4.74 Å². The van der Waals surface area contributed by atoms with Gasteiger partial charge < -0.3 is 4.74 Å². The van der Waals surface area contributed by atoms with Crippen molar-refractivity contribution in [1.29, 1.82) is 0 Å². The van der Waals surface area contributed by atoms with E-state index in [4.69, 9.17) is 51.1 Å². The molecule has 7 heteroatoms. The van der Waals surface area contributed by atoms with Crippen LogP contribution >= 0.6 is 46.4 Å². The number of nitrogens with zero attached hydrogens (tertiary/aromatic N) is 2. The van der Waals surface area contributed by atoms with E-state index in [1.54, 1.807) is 6.92 Å². The van der Waals surface area contributed by atoms with Crippen LogP contribution in [0.5, 0.6) is 11.6 Å². The minimum Gasteiger partial charge on any atom is -0.437 e. The van der Waals surface area contributed by atoms with Gasteiger partial charge in [0.15, 0.2) is 0 Å². The minimum absolute atomic E-state index is 0.285. The van der Waals surface area contributed by atoms with E-state index in [9.17, 15) is 0 Å².